The van der Waals surface area contributed by atoms with E-state index in [9.17, 15) is 0 Å². The van der Waals surface area contributed by atoms with Gasteiger partial charge in [0, 0.05) is 12.8 Å². The molecule has 0 aliphatic rings. The van der Waals surface area contributed by atoms with Gasteiger partial charge in [0.2, 0.25) is 0 Å². The van der Waals surface area contributed by atoms with Crippen molar-refractivity contribution in [2.24, 2.45) is 10.7 Å². The van der Waals surface area contributed by atoms with E-state index in [2.05, 4.69) is 11.9 Å². The predicted molar refractivity (Wildman–Crippen MR) is 66.2 cm³/mol. The molecule has 0 atom stereocenters. The fourth-order valence-corrected chi connectivity index (χ4v) is 1.08. The Morgan fingerprint density at radius 3 is 2.47 bits per heavy atom. The molecule has 0 radical (unpaired) electrons. The van der Waals surface area contributed by atoms with Crippen LogP contribution in [-0.4, -0.2) is 25.0 Å². The van der Waals surface area contributed by atoms with Gasteiger partial charge in [-0.15, -0.1) is 0 Å². The maximum absolute atomic E-state index is 5.50. The van der Waals surface area contributed by atoms with E-state index in [1.54, 1.807) is 13.3 Å². The number of methoxy groups -OCH3 is 1. The van der Waals surface area contributed by atoms with Crippen LogP contribution in [0.5, 0.6) is 0 Å². The molecule has 0 aromatic rings. The Labute approximate surface area is 93.4 Å². The molecule has 0 aliphatic heterocycles. The van der Waals surface area contributed by atoms with Gasteiger partial charge in [0.25, 0.3) is 0 Å². The van der Waals surface area contributed by atoms with Gasteiger partial charge in [-0.1, -0.05) is 13.3 Å². The van der Waals surface area contributed by atoms with Crippen molar-refractivity contribution in [3.63, 3.8) is 0 Å². The molecule has 0 bridgehead atoms. The van der Waals surface area contributed by atoms with Crippen LogP contribution >= 0.6 is 0 Å². The Hall–Kier alpha value is -0.830. The lowest BCUT2D eigenvalue weighted by Crippen LogP contribution is -2.27. The first-order chi connectivity index (χ1) is 6.96. The zero-order valence-corrected chi connectivity index (χ0v) is 10.6. The fourth-order valence-electron chi connectivity index (χ4n) is 1.08. The molecule has 0 amide bonds. The van der Waals surface area contributed by atoms with E-state index >= 15 is 0 Å². The van der Waals surface area contributed by atoms with Crippen molar-refractivity contribution in [3.8, 4) is 0 Å². The first-order valence-electron chi connectivity index (χ1n) is 5.44. The van der Waals surface area contributed by atoms with E-state index in [4.69, 9.17) is 10.5 Å². The number of aliphatic imine (C=N–C) groups is 1. The van der Waals surface area contributed by atoms with E-state index in [1.807, 2.05) is 20.8 Å². The Bertz CT molecular complexity index is 242. The number of ether oxygens (including phenoxy) is 1. The molecule has 0 aromatic heterocycles. The summed E-state index contributed by atoms with van der Waals surface area (Å²) in [4.78, 5) is 4.57. The zero-order chi connectivity index (χ0) is 11.9. The minimum atomic E-state index is -0.201. The molecule has 0 rings (SSSR count). The van der Waals surface area contributed by atoms with Gasteiger partial charge in [-0.25, -0.2) is 0 Å². The van der Waals surface area contributed by atoms with Gasteiger partial charge in [-0.3, -0.25) is 4.99 Å². The van der Waals surface area contributed by atoms with Crippen LogP contribution in [-0.2, 0) is 4.74 Å². The van der Waals surface area contributed by atoms with Crippen LogP contribution in [0.3, 0.4) is 0 Å². The first-order valence-corrected chi connectivity index (χ1v) is 5.44. The number of allylic oxidation sites excluding steroid dienone is 1. The topological polar surface area (TPSA) is 47.6 Å². The lowest BCUT2D eigenvalue weighted by molar-refractivity contribution is 0.0312. The van der Waals surface area contributed by atoms with Crippen molar-refractivity contribution in [2.45, 2.75) is 46.1 Å². The fraction of sp³-hybridized carbons (Fsp3) is 0.750. The zero-order valence-electron chi connectivity index (χ0n) is 10.6. The Kier molecular flexibility index (Phi) is 6.25. The second-order valence-corrected chi connectivity index (χ2v) is 4.33. The maximum atomic E-state index is 5.50. The molecular formula is C12H24N2O. The highest BCUT2D eigenvalue weighted by atomic mass is 16.5. The largest absolute Gasteiger partial charge is 0.404 e. The minimum Gasteiger partial charge on any atom is -0.404 e. The molecule has 15 heavy (non-hydrogen) atoms. The minimum absolute atomic E-state index is 0.201. The monoisotopic (exact) mass is 212 g/mol. The number of rotatable bonds is 6. The number of nitrogens with zero attached hydrogens (tertiary/aromatic N) is 1. The van der Waals surface area contributed by atoms with Crippen LogP contribution < -0.4 is 5.73 Å². The quantitative estimate of drug-likeness (QED) is 0.688. The first kappa shape index (κ1) is 14.2. The second-order valence-electron chi connectivity index (χ2n) is 4.33. The molecule has 0 aromatic carbocycles. The van der Waals surface area contributed by atoms with Crippen LogP contribution in [0.4, 0.5) is 0 Å². The van der Waals surface area contributed by atoms with Gasteiger partial charge < -0.3 is 10.5 Å². The van der Waals surface area contributed by atoms with Crippen LogP contribution in [0.2, 0.25) is 0 Å². The van der Waals surface area contributed by atoms with E-state index in [1.165, 1.54) is 0 Å². The summed E-state index contributed by atoms with van der Waals surface area (Å²) in [6, 6.07) is 0. The molecule has 0 unspecified atom stereocenters. The summed E-state index contributed by atoms with van der Waals surface area (Å²) in [6.07, 6.45) is 3.67. The molecule has 0 spiro atoms. The molecule has 0 aliphatic carbocycles. The average Bonchev–Trinajstić information content (AvgIpc) is 2.23. The van der Waals surface area contributed by atoms with Crippen molar-refractivity contribution >= 4 is 5.71 Å². The van der Waals surface area contributed by atoms with Crippen LogP contribution in [0.15, 0.2) is 16.8 Å². The summed E-state index contributed by atoms with van der Waals surface area (Å²) in [5.41, 5.74) is 7.45. The highest BCUT2D eigenvalue weighted by Gasteiger charge is 2.15. The maximum Gasteiger partial charge on any atom is 0.0817 e. The van der Waals surface area contributed by atoms with Crippen LogP contribution in [0, 0.1) is 0 Å². The lowest BCUT2D eigenvalue weighted by atomic mass is 10.1. The molecular weight excluding hydrogens is 188 g/mol. The Morgan fingerprint density at radius 2 is 2.07 bits per heavy atom. The van der Waals surface area contributed by atoms with Crippen LogP contribution in [0.25, 0.3) is 0 Å². The normalized spacial score (nSPS) is 14.5. The highest BCUT2D eigenvalue weighted by Crippen LogP contribution is 2.10. The molecule has 3 nitrogen and oxygen atoms in total. The van der Waals surface area contributed by atoms with Crippen LogP contribution in [0.1, 0.15) is 40.5 Å². The summed E-state index contributed by atoms with van der Waals surface area (Å²) < 4.78 is 5.32. The van der Waals surface area contributed by atoms with E-state index in [-0.39, 0.29) is 5.60 Å². The van der Waals surface area contributed by atoms with Crippen molar-refractivity contribution in [3.05, 3.63) is 11.8 Å². The van der Waals surface area contributed by atoms with E-state index < -0.39 is 0 Å². The predicted octanol–water partition coefficient (Wildman–Crippen LogP) is 2.52. The van der Waals surface area contributed by atoms with Gasteiger partial charge >= 0.3 is 0 Å². The molecule has 2 N–H and O–H groups in total. The van der Waals surface area contributed by atoms with Crippen molar-refractivity contribution in [1.29, 1.82) is 0 Å². The van der Waals surface area contributed by atoms with Crippen molar-refractivity contribution in [2.75, 3.05) is 13.7 Å². The highest BCUT2D eigenvalue weighted by molar-refractivity contribution is 5.99. The third kappa shape index (κ3) is 5.57. The molecule has 0 saturated heterocycles. The van der Waals surface area contributed by atoms with Gasteiger partial charge in [-0.2, -0.15) is 0 Å². The van der Waals surface area contributed by atoms with E-state index in [0.717, 1.165) is 24.1 Å². The van der Waals surface area contributed by atoms with Gasteiger partial charge in [0.05, 0.1) is 12.1 Å². The molecule has 0 saturated carbocycles. The summed E-state index contributed by atoms with van der Waals surface area (Å²) in [5.74, 6) is 0. The van der Waals surface area contributed by atoms with Crippen molar-refractivity contribution < 1.29 is 4.74 Å². The Morgan fingerprint density at radius 1 is 1.47 bits per heavy atom. The smallest absolute Gasteiger partial charge is 0.0817 e. The van der Waals surface area contributed by atoms with Gasteiger partial charge in [0.1, 0.15) is 0 Å². The number of nitrogens with two attached hydrogens (primary N) is 1. The van der Waals surface area contributed by atoms with E-state index in [0.29, 0.717) is 6.54 Å². The second kappa shape index (κ2) is 6.62. The SMILES string of the molecule is CCCC(=NCC(C)(C)OC)/C(C)=C\N. The molecule has 0 heterocycles. The summed E-state index contributed by atoms with van der Waals surface area (Å²) in [6.45, 7) is 8.86. The summed E-state index contributed by atoms with van der Waals surface area (Å²) >= 11 is 0. The van der Waals surface area contributed by atoms with Gasteiger partial charge in [-0.05, 0) is 39.0 Å². The van der Waals surface area contributed by atoms with Gasteiger partial charge in [0.15, 0.2) is 0 Å². The summed E-state index contributed by atoms with van der Waals surface area (Å²) in [7, 11) is 1.71. The van der Waals surface area contributed by atoms with Crippen molar-refractivity contribution in [1.82, 2.24) is 0 Å². The molecule has 88 valence electrons. The average molecular weight is 212 g/mol. The molecule has 3 heteroatoms. The third-order valence-corrected chi connectivity index (χ3v) is 2.40. The number of hydrogen-bond donors (Lipinski definition) is 1. The summed E-state index contributed by atoms with van der Waals surface area (Å²) in [5, 5.41) is 0. The lowest BCUT2D eigenvalue weighted by Gasteiger charge is -2.21. The third-order valence-electron chi connectivity index (χ3n) is 2.40. The standard InChI is InChI=1S/C12H24N2O/c1-6-7-11(10(2)8-13)14-9-12(3,4)15-5/h8H,6-7,9,13H2,1-5H3/b10-8-,14-11?. The number of hydrogen-bond acceptors (Lipinski definition) is 3. The molecule has 0 fully saturated rings. The Balaban J connectivity index is 4.56.